The summed E-state index contributed by atoms with van der Waals surface area (Å²) in [7, 11) is 1.95. The minimum absolute atomic E-state index is 0.241. The Bertz CT molecular complexity index is 355. The summed E-state index contributed by atoms with van der Waals surface area (Å²) >= 11 is 0. The second-order valence-corrected chi connectivity index (χ2v) is 3.83. The Kier molecular flexibility index (Phi) is 2.83. The van der Waals surface area contributed by atoms with E-state index in [0.717, 1.165) is 17.2 Å². The van der Waals surface area contributed by atoms with Crippen molar-refractivity contribution in [3.63, 3.8) is 0 Å². The fraction of sp³-hybridized carbons (Fsp3) is 0.600. The number of nitrogens with zero attached hydrogens (tertiary/aromatic N) is 3. The van der Waals surface area contributed by atoms with Gasteiger partial charge in [0.1, 0.15) is 0 Å². The molecule has 0 spiro atoms. The minimum atomic E-state index is 0.241. The van der Waals surface area contributed by atoms with Crippen molar-refractivity contribution >= 4 is 5.95 Å². The molecule has 0 aromatic carbocycles. The van der Waals surface area contributed by atoms with E-state index in [0.29, 0.717) is 19.8 Å². The quantitative estimate of drug-likeness (QED) is 0.773. The van der Waals surface area contributed by atoms with Gasteiger partial charge in [-0.15, -0.1) is 0 Å². The average Bonchev–Trinajstić information content (AvgIpc) is 2.73. The SMILES string of the molecule is CC(CN)N(C)c1ncc2c(n1)COC2. The van der Waals surface area contributed by atoms with Gasteiger partial charge in [0.2, 0.25) is 5.95 Å². The van der Waals surface area contributed by atoms with E-state index in [9.17, 15) is 0 Å². The summed E-state index contributed by atoms with van der Waals surface area (Å²) in [5, 5.41) is 0. The van der Waals surface area contributed by atoms with E-state index in [1.54, 1.807) is 0 Å². The molecule has 2 N–H and O–H groups in total. The molecule has 0 saturated heterocycles. The Hall–Kier alpha value is -1.20. The summed E-state index contributed by atoms with van der Waals surface area (Å²) < 4.78 is 5.29. The maximum absolute atomic E-state index is 5.60. The first-order valence-corrected chi connectivity index (χ1v) is 5.08. The molecule has 0 fully saturated rings. The lowest BCUT2D eigenvalue weighted by Crippen LogP contribution is -2.36. The van der Waals surface area contributed by atoms with Crippen LogP contribution < -0.4 is 10.6 Å². The second kappa shape index (κ2) is 4.12. The highest BCUT2D eigenvalue weighted by molar-refractivity contribution is 5.34. The van der Waals surface area contributed by atoms with Gasteiger partial charge in [0.25, 0.3) is 0 Å². The number of likely N-dealkylation sites (N-methyl/N-ethyl adjacent to an activating group) is 1. The van der Waals surface area contributed by atoms with Crippen molar-refractivity contribution < 1.29 is 4.74 Å². The zero-order valence-corrected chi connectivity index (χ0v) is 9.10. The van der Waals surface area contributed by atoms with Crippen LogP contribution in [0.2, 0.25) is 0 Å². The van der Waals surface area contributed by atoms with Crippen LogP contribution in [0.1, 0.15) is 18.2 Å². The number of hydrogen-bond donors (Lipinski definition) is 1. The highest BCUT2D eigenvalue weighted by atomic mass is 16.5. The van der Waals surface area contributed by atoms with E-state index in [1.807, 2.05) is 25.1 Å². The van der Waals surface area contributed by atoms with Crippen LogP contribution in [0.3, 0.4) is 0 Å². The van der Waals surface area contributed by atoms with Gasteiger partial charge >= 0.3 is 0 Å². The molecule has 15 heavy (non-hydrogen) atoms. The first-order chi connectivity index (χ1) is 7.22. The summed E-state index contributed by atoms with van der Waals surface area (Å²) in [5.41, 5.74) is 7.69. The van der Waals surface area contributed by atoms with Crippen molar-refractivity contribution in [2.24, 2.45) is 5.73 Å². The molecular formula is C10H16N4O. The Morgan fingerprint density at radius 2 is 2.40 bits per heavy atom. The number of anilines is 1. The lowest BCUT2D eigenvalue weighted by molar-refractivity contribution is 0.133. The van der Waals surface area contributed by atoms with Gasteiger partial charge < -0.3 is 15.4 Å². The van der Waals surface area contributed by atoms with Gasteiger partial charge in [0.05, 0.1) is 18.9 Å². The average molecular weight is 208 g/mol. The highest BCUT2D eigenvalue weighted by Crippen LogP contribution is 2.19. The molecule has 0 saturated carbocycles. The first-order valence-electron chi connectivity index (χ1n) is 5.08. The molecule has 2 heterocycles. The zero-order chi connectivity index (χ0) is 10.8. The number of hydrogen-bond acceptors (Lipinski definition) is 5. The van der Waals surface area contributed by atoms with Crippen molar-refractivity contribution in [2.45, 2.75) is 26.2 Å². The van der Waals surface area contributed by atoms with E-state index in [1.165, 1.54) is 0 Å². The van der Waals surface area contributed by atoms with Crippen molar-refractivity contribution in [1.82, 2.24) is 9.97 Å². The molecule has 1 aromatic heterocycles. The van der Waals surface area contributed by atoms with Crippen LogP contribution in [-0.4, -0.2) is 29.6 Å². The minimum Gasteiger partial charge on any atom is -0.370 e. The number of aromatic nitrogens is 2. The maximum Gasteiger partial charge on any atom is 0.225 e. The predicted molar refractivity (Wildman–Crippen MR) is 57.4 cm³/mol. The number of fused-ring (bicyclic) bond motifs is 1. The summed E-state index contributed by atoms with van der Waals surface area (Å²) in [5.74, 6) is 0.720. The molecule has 1 aromatic rings. The smallest absolute Gasteiger partial charge is 0.225 e. The second-order valence-electron chi connectivity index (χ2n) is 3.83. The monoisotopic (exact) mass is 208 g/mol. The molecule has 0 amide bonds. The Morgan fingerprint density at radius 3 is 3.13 bits per heavy atom. The predicted octanol–water partition coefficient (Wildman–Crippen LogP) is 0.290. The normalized spacial score (nSPS) is 16.2. The fourth-order valence-electron chi connectivity index (χ4n) is 1.46. The van der Waals surface area contributed by atoms with E-state index >= 15 is 0 Å². The molecule has 5 heteroatoms. The van der Waals surface area contributed by atoms with E-state index in [-0.39, 0.29) is 6.04 Å². The molecule has 1 atom stereocenters. The zero-order valence-electron chi connectivity index (χ0n) is 9.10. The van der Waals surface area contributed by atoms with Crippen molar-refractivity contribution in [3.05, 3.63) is 17.5 Å². The fourth-order valence-corrected chi connectivity index (χ4v) is 1.46. The van der Waals surface area contributed by atoms with Crippen LogP contribution >= 0.6 is 0 Å². The molecule has 1 aliphatic heterocycles. The summed E-state index contributed by atoms with van der Waals surface area (Å²) in [6.45, 7) is 3.86. The summed E-state index contributed by atoms with van der Waals surface area (Å²) in [6, 6.07) is 0.241. The molecule has 1 unspecified atom stereocenters. The molecule has 0 bridgehead atoms. The van der Waals surface area contributed by atoms with E-state index in [2.05, 4.69) is 9.97 Å². The van der Waals surface area contributed by atoms with Gasteiger partial charge in [-0.05, 0) is 6.92 Å². The standard InChI is InChI=1S/C10H16N4O/c1-7(3-11)14(2)10-12-4-8-5-15-6-9(8)13-10/h4,7H,3,5-6,11H2,1-2H3. The van der Waals surface area contributed by atoms with Gasteiger partial charge in [0.15, 0.2) is 0 Å². The third-order valence-electron chi connectivity index (χ3n) is 2.76. The Balaban J connectivity index is 2.22. The Morgan fingerprint density at radius 1 is 1.60 bits per heavy atom. The van der Waals surface area contributed by atoms with Crippen LogP contribution in [0.4, 0.5) is 5.95 Å². The summed E-state index contributed by atoms with van der Waals surface area (Å²) in [4.78, 5) is 10.7. The van der Waals surface area contributed by atoms with Gasteiger partial charge in [-0.25, -0.2) is 9.97 Å². The van der Waals surface area contributed by atoms with Crippen LogP contribution in [0.5, 0.6) is 0 Å². The molecule has 0 radical (unpaired) electrons. The van der Waals surface area contributed by atoms with Crippen molar-refractivity contribution in [1.29, 1.82) is 0 Å². The van der Waals surface area contributed by atoms with Gasteiger partial charge in [-0.2, -0.15) is 0 Å². The third kappa shape index (κ3) is 1.93. The molecular weight excluding hydrogens is 192 g/mol. The lowest BCUT2D eigenvalue weighted by Gasteiger charge is -2.23. The van der Waals surface area contributed by atoms with Crippen molar-refractivity contribution in [3.8, 4) is 0 Å². The van der Waals surface area contributed by atoms with E-state index < -0.39 is 0 Å². The van der Waals surface area contributed by atoms with E-state index in [4.69, 9.17) is 10.5 Å². The Labute approximate surface area is 89.3 Å². The van der Waals surface area contributed by atoms with Gasteiger partial charge in [-0.1, -0.05) is 0 Å². The number of nitrogens with two attached hydrogens (primary N) is 1. The number of ether oxygens (including phenoxy) is 1. The first kappa shape index (κ1) is 10.3. The number of rotatable bonds is 3. The largest absolute Gasteiger partial charge is 0.370 e. The van der Waals surface area contributed by atoms with Gasteiger partial charge in [0, 0.05) is 31.4 Å². The topological polar surface area (TPSA) is 64.3 Å². The maximum atomic E-state index is 5.60. The van der Waals surface area contributed by atoms with Gasteiger partial charge in [-0.3, -0.25) is 0 Å². The van der Waals surface area contributed by atoms with Crippen molar-refractivity contribution in [2.75, 3.05) is 18.5 Å². The molecule has 1 aliphatic rings. The molecule has 5 nitrogen and oxygen atoms in total. The molecule has 0 aliphatic carbocycles. The summed E-state index contributed by atoms with van der Waals surface area (Å²) in [6.07, 6.45) is 1.84. The van der Waals surface area contributed by atoms with Crippen LogP contribution in [-0.2, 0) is 18.0 Å². The van der Waals surface area contributed by atoms with Crippen LogP contribution in [0.15, 0.2) is 6.20 Å². The van der Waals surface area contributed by atoms with Crippen LogP contribution in [0, 0.1) is 0 Å². The van der Waals surface area contributed by atoms with Crippen LogP contribution in [0.25, 0.3) is 0 Å². The molecule has 2 rings (SSSR count). The third-order valence-corrected chi connectivity index (χ3v) is 2.76. The highest BCUT2D eigenvalue weighted by Gasteiger charge is 2.17. The lowest BCUT2D eigenvalue weighted by atomic mass is 10.3. The molecule has 82 valence electrons.